The lowest BCUT2D eigenvalue weighted by Gasteiger charge is -2.23. The zero-order valence-electron chi connectivity index (χ0n) is 13.5. The van der Waals surface area contributed by atoms with Crippen molar-refractivity contribution in [3.05, 3.63) is 23.4 Å². The summed E-state index contributed by atoms with van der Waals surface area (Å²) in [6.07, 6.45) is 3.15. The number of hydrogen-bond donors (Lipinski definition) is 0. The molecule has 0 atom stereocenters. The van der Waals surface area contributed by atoms with Crippen LogP contribution in [-0.2, 0) is 16.1 Å². The topological polar surface area (TPSA) is 45.7 Å². The monoisotopic (exact) mass is 303 g/mol. The van der Waals surface area contributed by atoms with Crippen molar-refractivity contribution in [2.45, 2.75) is 32.7 Å². The Balaban J connectivity index is 1.78. The Kier molecular flexibility index (Phi) is 4.62. The summed E-state index contributed by atoms with van der Waals surface area (Å²) in [6.45, 7) is 5.76. The third kappa shape index (κ3) is 3.58. The molecular formula is C17H25N3O2. The number of hydrogen-bond acceptors (Lipinski definition) is 4. The lowest BCUT2D eigenvalue weighted by Crippen LogP contribution is -2.36. The van der Waals surface area contributed by atoms with Crippen LogP contribution in [0.1, 0.15) is 30.5 Å². The standard InChI is InChI=1S/C17H25N3O2/c1-13-3-6-15-12-20(16(21)11-14-4-5-14)8-7-19(9-10-22-2)17(15)18-13/h3,6,14H,4-5,7-12H2,1-2H3. The Hall–Kier alpha value is -1.62. The first-order chi connectivity index (χ1) is 10.7. The molecule has 0 spiro atoms. The number of aromatic nitrogens is 1. The van der Waals surface area contributed by atoms with Crippen LogP contribution in [0.2, 0.25) is 0 Å². The van der Waals surface area contributed by atoms with E-state index in [-0.39, 0.29) is 0 Å². The van der Waals surface area contributed by atoms with Crippen molar-refractivity contribution < 1.29 is 9.53 Å². The summed E-state index contributed by atoms with van der Waals surface area (Å²) in [7, 11) is 1.72. The molecule has 1 aromatic rings. The molecule has 22 heavy (non-hydrogen) atoms. The number of carbonyl (C=O) groups is 1. The maximum atomic E-state index is 12.5. The molecule has 3 rings (SSSR count). The highest BCUT2D eigenvalue weighted by Crippen LogP contribution is 2.33. The fourth-order valence-corrected chi connectivity index (χ4v) is 2.93. The minimum Gasteiger partial charge on any atom is -0.383 e. The van der Waals surface area contributed by atoms with Gasteiger partial charge in [0.15, 0.2) is 0 Å². The van der Waals surface area contributed by atoms with Gasteiger partial charge in [-0.3, -0.25) is 4.79 Å². The highest BCUT2D eigenvalue weighted by molar-refractivity contribution is 5.77. The highest BCUT2D eigenvalue weighted by atomic mass is 16.5. The van der Waals surface area contributed by atoms with Crippen LogP contribution in [0.5, 0.6) is 0 Å². The molecule has 0 bridgehead atoms. The highest BCUT2D eigenvalue weighted by Gasteiger charge is 2.29. The molecule has 1 saturated carbocycles. The van der Waals surface area contributed by atoms with Gasteiger partial charge in [-0.1, -0.05) is 6.07 Å². The quantitative estimate of drug-likeness (QED) is 0.834. The molecule has 5 nitrogen and oxygen atoms in total. The molecule has 0 unspecified atom stereocenters. The maximum absolute atomic E-state index is 12.5. The average Bonchev–Trinajstić information content (AvgIpc) is 3.32. The van der Waals surface area contributed by atoms with Crippen molar-refractivity contribution in [2.24, 2.45) is 5.92 Å². The molecule has 2 heterocycles. The number of nitrogens with zero attached hydrogens (tertiary/aromatic N) is 3. The molecule has 0 N–H and O–H groups in total. The van der Waals surface area contributed by atoms with Gasteiger partial charge in [-0.25, -0.2) is 4.98 Å². The zero-order valence-corrected chi connectivity index (χ0v) is 13.5. The number of fused-ring (bicyclic) bond motifs is 1. The van der Waals surface area contributed by atoms with Gasteiger partial charge in [0.1, 0.15) is 5.82 Å². The molecule has 1 aliphatic carbocycles. The molecule has 0 aromatic carbocycles. The minimum absolute atomic E-state index is 0.294. The van der Waals surface area contributed by atoms with Crippen molar-refractivity contribution >= 4 is 11.7 Å². The summed E-state index contributed by atoms with van der Waals surface area (Å²) in [5.74, 6) is 1.94. The Morgan fingerprint density at radius 3 is 2.91 bits per heavy atom. The lowest BCUT2D eigenvalue weighted by atomic mass is 10.2. The Labute approximate surface area is 132 Å². The predicted octanol–water partition coefficient (Wildman–Crippen LogP) is 1.99. The molecule has 1 aromatic heterocycles. The Morgan fingerprint density at radius 1 is 1.36 bits per heavy atom. The second kappa shape index (κ2) is 6.65. The maximum Gasteiger partial charge on any atom is 0.223 e. The largest absolute Gasteiger partial charge is 0.383 e. The van der Waals surface area contributed by atoms with E-state index in [4.69, 9.17) is 9.72 Å². The molecule has 1 fully saturated rings. The van der Waals surface area contributed by atoms with Crippen molar-refractivity contribution in [3.63, 3.8) is 0 Å². The van der Waals surface area contributed by atoms with E-state index >= 15 is 0 Å². The van der Waals surface area contributed by atoms with Crippen molar-refractivity contribution in [2.75, 3.05) is 38.3 Å². The second-order valence-corrected chi connectivity index (χ2v) is 6.38. The normalized spacial score (nSPS) is 18.1. The van der Waals surface area contributed by atoms with Gasteiger partial charge in [-0.05, 0) is 31.7 Å². The number of methoxy groups -OCH3 is 1. The number of rotatable bonds is 5. The molecule has 120 valence electrons. The van der Waals surface area contributed by atoms with Crippen molar-refractivity contribution in [1.82, 2.24) is 9.88 Å². The molecular weight excluding hydrogens is 278 g/mol. The second-order valence-electron chi connectivity index (χ2n) is 6.38. The summed E-state index contributed by atoms with van der Waals surface area (Å²) >= 11 is 0. The van der Waals surface area contributed by atoms with Crippen molar-refractivity contribution in [1.29, 1.82) is 0 Å². The number of pyridine rings is 1. The van der Waals surface area contributed by atoms with E-state index in [1.807, 2.05) is 17.9 Å². The average molecular weight is 303 g/mol. The number of ether oxygens (including phenoxy) is 1. The Morgan fingerprint density at radius 2 is 2.18 bits per heavy atom. The number of aryl methyl sites for hydroxylation is 1. The van der Waals surface area contributed by atoms with Gasteiger partial charge in [0.2, 0.25) is 5.91 Å². The van der Waals surface area contributed by atoms with E-state index in [0.29, 0.717) is 31.4 Å². The number of carbonyl (C=O) groups excluding carboxylic acids is 1. The van der Waals surface area contributed by atoms with Crippen LogP contribution < -0.4 is 4.90 Å². The van der Waals surface area contributed by atoms with Gasteiger partial charge in [0.25, 0.3) is 0 Å². The van der Waals surface area contributed by atoms with Crippen LogP contribution >= 0.6 is 0 Å². The van der Waals surface area contributed by atoms with Gasteiger partial charge in [-0.15, -0.1) is 0 Å². The molecule has 1 amide bonds. The fourth-order valence-electron chi connectivity index (χ4n) is 2.93. The van der Waals surface area contributed by atoms with E-state index in [1.165, 1.54) is 12.8 Å². The van der Waals surface area contributed by atoms with Crippen LogP contribution in [-0.4, -0.2) is 49.1 Å². The van der Waals surface area contributed by atoms with E-state index in [9.17, 15) is 4.79 Å². The molecule has 1 aliphatic heterocycles. The summed E-state index contributed by atoms with van der Waals surface area (Å²) in [6, 6.07) is 4.14. The fraction of sp³-hybridized carbons (Fsp3) is 0.647. The Bertz CT molecular complexity index is 543. The van der Waals surface area contributed by atoms with Gasteiger partial charge < -0.3 is 14.5 Å². The smallest absolute Gasteiger partial charge is 0.223 e. The molecule has 0 radical (unpaired) electrons. The zero-order chi connectivity index (χ0) is 15.5. The first-order valence-corrected chi connectivity index (χ1v) is 8.15. The summed E-state index contributed by atoms with van der Waals surface area (Å²) in [4.78, 5) is 21.4. The SMILES string of the molecule is COCCN1CCN(C(=O)CC2CC2)Cc2ccc(C)nc21. The van der Waals surface area contributed by atoms with Crippen LogP contribution in [0.4, 0.5) is 5.82 Å². The van der Waals surface area contributed by atoms with Crippen LogP contribution in [0.3, 0.4) is 0 Å². The number of anilines is 1. The molecule has 5 heteroatoms. The third-order valence-corrected chi connectivity index (χ3v) is 4.47. The van der Waals surface area contributed by atoms with Gasteiger partial charge in [0.05, 0.1) is 6.61 Å². The summed E-state index contributed by atoms with van der Waals surface area (Å²) < 4.78 is 5.22. The summed E-state index contributed by atoms with van der Waals surface area (Å²) in [5, 5.41) is 0. The number of amides is 1. The van der Waals surface area contributed by atoms with Gasteiger partial charge in [0, 0.05) is 51.0 Å². The van der Waals surface area contributed by atoms with E-state index in [2.05, 4.69) is 11.0 Å². The van der Waals surface area contributed by atoms with Crippen molar-refractivity contribution in [3.8, 4) is 0 Å². The van der Waals surface area contributed by atoms with Crippen LogP contribution in [0, 0.1) is 12.8 Å². The van der Waals surface area contributed by atoms with Crippen LogP contribution in [0.15, 0.2) is 12.1 Å². The van der Waals surface area contributed by atoms with E-state index in [1.54, 1.807) is 7.11 Å². The predicted molar refractivity (Wildman–Crippen MR) is 85.8 cm³/mol. The van der Waals surface area contributed by atoms with Gasteiger partial charge in [-0.2, -0.15) is 0 Å². The first kappa shape index (κ1) is 15.3. The first-order valence-electron chi connectivity index (χ1n) is 8.15. The molecule has 0 saturated heterocycles. The molecule has 2 aliphatic rings. The van der Waals surface area contributed by atoms with E-state index in [0.717, 1.165) is 36.7 Å². The lowest BCUT2D eigenvalue weighted by molar-refractivity contribution is -0.132. The van der Waals surface area contributed by atoms with Crippen LogP contribution in [0.25, 0.3) is 0 Å². The third-order valence-electron chi connectivity index (χ3n) is 4.47. The van der Waals surface area contributed by atoms with Gasteiger partial charge >= 0.3 is 0 Å². The summed E-state index contributed by atoms with van der Waals surface area (Å²) in [5.41, 5.74) is 2.15. The minimum atomic E-state index is 0.294. The van der Waals surface area contributed by atoms with E-state index < -0.39 is 0 Å².